The van der Waals surface area contributed by atoms with Gasteiger partial charge in [0.2, 0.25) is 5.91 Å². The van der Waals surface area contributed by atoms with Crippen LogP contribution in [0.5, 0.6) is 0 Å². The average molecular weight is 302 g/mol. The first-order chi connectivity index (χ1) is 9.35. The van der Waals surface area contributed by atoms with Gasteiger partial charge in [0.25, 0.3) is 0 Å². The maximum Gasteiger partial charge on any atom is 0.224 e. The summed E-state index contributed by atoms with van der Waals surface area (Å²) in [6, 6.07) is 4.37. The highest BCUT2D eigenvalue weighted by atomic mass is 35.5. The van der Waals surface area contributed by atoms with E-state index in [0.717, 1.165) is 6.42 Å². The Hall–Kier alpha value is -1.13. The minimum absolute atomic E-state index is 0.0679. The van der Waals surface area contributed by atoms with E-state index in [1.54, 1.807) is 6.07 Å². The van der Waals surface area contributed by atoms with Gasteiger partial charge in [-0.1, -0.05) is 31.5 Å². The highest BCUT2D eigenvalue weighted by Crippen LogP contribution is 2.22. The van der Waals surface area contributed by atoms with Gasteiger partial charge in [-0.2, -0.15) is 0 Å². The smallest absolute Gasteiger partial charge is 0.224 e. The maximum absolute atomic E-state index is 13.6. The molecule has 5 heteroatoms. The molecule has 3 nitrogen and oxygen atoms in total. The largest absolute Gasteiger partial charge is 0.396 e. The van der Waals surface area contributed by atoms with Crippen molar-refractivity contribution in [2.45, 2.75) is 33.1 Å². The number of hydrogen-bond donors (Lipinski definition) is 2. The van der Waals surface area contributed by atoms with Crippen molar-refractivity contribution >= 4 is 17.5 Å². The number of halogens is 2. The van der Waals surface area contributed by atoms with Crippen molar-refractivity contribution in [1.29, 1.82) is 0 Å². The minimum Gasteiger partial charge on any atom is -0.396 e. The second-order valence-corrected chi connectivity index (χ2v) is 6.05. The molecule has 0 aliphatic rings. The molecule has 0 aliphatic carbocycles. The summed E-state index contributed by atoms with van der Waals surface area (Å²) in [7, 11) is 0. The summed E-state index contributed by atoms with van der Waals surface area (Å²) in [4.78, 5) is 11.9. The van der Waals surface area contributed by atoms with Gasteiger partial charge in [-0.05, 0) is 30.4 Å². The van der Waals surface area contributed by atoms with Crippen LogP contribution in [0, 0.1) is 11.2 Å². The van der Waals surface area contributed by atoms with Crippen LogP contribution < -0.4 is 5.32 Å². The number of nitrogens with one attached hydrogen (secondary N) is 1. The topological polar surface area (TPSA) is 49.3 Å². The fourth-order valence-corrected chi connectivity index (χ4v) is 2.14. The molecule has 0 bridgehead atoms. The lowest BCUT2D eigenvalue weighted by atomic mass is 9.88. The molecule has 1 rings (SSSR count). The van der Waals surface area contributed by atoms with Gasteiger partial charge < -0.3 is 10.4 Å². The molecule has 112 valence electrons. The standard InChI is InChI=1S/C15H21ClFNO2/c1-15(2,7-4-8-19)10-18-14(20)9-11-12(16)5-3-6-13(11)17/h3,5-6,19H,4,7-10H2,1-2H3,(H,18,20). The third-order valence-electron chi connectivity index (χ3n) is 3.17. The fraction of sp³-hybridized carbons (Fsp3) is 0.533. The monoisotopic (exact) mass is 301 g/mol. The Morgan fingerprint density at radius 3 is 2.75 bits per heavy atom. The average Bonchev–Trinajstić information content (AvgIpc) is 2.39. The molecule has 0 saturated heterocycles. The molecule has 0 aromatic heterocycles. The number of benzene rings is 1. The van der Waals surface area contributed by atoms with Crippen LogP contribution in [0.15, 0.2) is 18.2 Å². The van der Waals surface area contributed by atoms with E-state index >= 15 is 0 Å². The third kappa shape index (κ3) is 5.47. The van der Waals surface area contributed by atoms with Gasteiger partial charge in [-0.15, -0.1) is 0 Å². The summed E-state index contributed by atoms with van der Waals surface area (Å²) in [5, 5.41) is 11.9. The van der Waals surface area contributed by atoms with Gasteiger partial charge >= 0.3 is 0 Å². The van der Waals surface area contributed by atoms with Gasteiger partial charge in [-0.3, -0.25) is 4.79 Å². The van der Waals surface area contributed by atoms with E-state index in [0.29, 0.717) is 13.0 Å². The number of carbonyl (C=O) groups is 1. The number of hydrogen-bond acceptors (Lipinski definition) is 2. The quantitative estimate of drug-likeness (QED) is 0.813. The van der Waals surface area contributed by atoms with E-state index in [9.17, 15) is 9.18 Å². The molecular weight excluding hydrogens is 281 g/mol. The molecule has 0 heterocycles. The SMILES string of the molecule is CC(C)(CCCO)CNC(=O)Cc1c(F)cccc1Cl. The summed E-state index contributed by atoms with van der Waals surface area (Å²) in [6.07, 6.45) is 1.44. The Kier molecular flexibility index (Phi) is 6.43. The zero-order chi connectivity index (χ0) is 15.2. The first-order valence-corrected chi connectivity index (χ1v) is 7.04. The molecule has 0 aliphatic heterocycles. The predicted molar refractivity (Wildman–Crippen MR) is 78.2 cm³/mol. The second-order valence-electron chi connectivity index (χ2n) is 5.65. The molecule has 2 N–H and O–H groups in total. The van der Waals surface area contributed by atoms with E-state index in [1.165, 1.54) is 12.1 Å². The van der Waals surface area contributed by atoms with Gasteiger partial charge in [0, 0.05) is 23.7 Å². The Labute approximate surface area is 124 Å². The van der Waals surface area contributed by atoms with E-state index in [-0.39, 0.29) is 34.9 Å². The Morgan fingerprint density at radius 2 is 2.15 bits per heavy atom. The fourth-order valence-electron chi connectivity index (χ4n) is 1.91. The minimum atomic E-state index is -0.466. The Balaban J connectivity index is 2.52. The zero-order valence-electron chi connectivity index (χ0n) is 11.9. The van der Waals surface area contributed by atoms with Crippen LogP contribution in [0.4, 0.5) is 4.39 Å². The van der Waals surface area contributed by atoms with Crippen molar-refractivity contribution < 1.29 is 14.3 Å². The number of aliphatic hydroxyl groups is 1. The Bertz CT molecular complexity index is 443. The van der Waals surface area contributed by atoms with Crippen LogP contribution in [0.25, 0.3) is 0 Å². The maximum atomic E-state index is 13.6. The highest BCUT2D eigenvalue weighted by molar-refractivity contribution is 6.31. The van der Waals surface area contributed by atoms with Crippen LogP contribution in [-0.4, -0.2) is 24.2 Å². The highest BCUT2D eigenvalue weighted by Gasteiger charge is 2.19. The van der Waals surface area contributed by atoms with Crippen molar-refractivity contribution in [3.8, 4) is 0 Å². The summed E-state index contributed by atoms with van der Waals surface area (Å²) in [6.45, 7) is 4.65. The summed E-state index contributed by atoms with van der Waals surface area (Å²) < 4.78 is 13.6. The molecule has 1 aromatic carbocycles. The lowest BCUT2D eigenvalue weighted by Crippen LogP contribution is -2.35. The molecule has 0 radical (unpaired) electrons. The van der Waals surface area contributed by atoms with Crippen LogP contribution in [0.3, 0.4) is 0 Å². The predicted octanol–water partition coefficient (Wildman–Crippen LogP) is 2.94. The summed E-state index contributed by atoms with van der Waals surface area (Å²) >= 11 is 5.88. The molecule has 0 fully saturated rings. The van der Waals surface area contributed by atoms with E-state index in [4.69, 9.17) is 16.7 Å². The normalized spacial score (nSPS) is 11.4. The molecule has 0 unspecified atom stereocenters. The second kappa shape index (κ2) is 7.60. The Morgan fingerprint density at radius 1 is 1.45 bits per heavy atom. The van der Waals surface area contributed by atoms with E-state index in [1.807, 2.05) is 13.8 Å². The molecule has 20 heavy (non-hydrogen) atoms. The zero-order valence-corrected chi connectivity index (χ0v) is 12.6. The molecule has 1 amide bonds. The summed E-state index contributed by atoms with van der Waals surface area (Å²) in [5.74, 6) is -0.721. The molecule has 0 saturated carbocycles. The van der Waals surface area contributed by atoms with Crippen molar-refractivity contribution in [2.24, 2.45) is 5.41 Å². The van der Waals surface area contributed by atoms with Crippen molar-refractivity contribution in [2.75, 3.05) is 13.2 Å². The van der Waals surface area contributed by atoms with Crippen LogP contribution in [0.2, 0.25) is 5.02 Å². The lowest BCUT2D eigenvalue weighted by Gasteiger charge is -2.24. The van der Waals surface area contributed by atoms with Crippen molar-refractivity contribution in [1.82, 2.24) is 5.32 Å². The van der Waals surface area contributed by atoms with Crippen LogP contribution in [-0.2, 0) is 11.2 Å². The number of amides is 1. The third-order valence-corrected chi connectivity index (χ3v) is 3.53. The van der Waals surface area contributed by atoms with E-state index < -0.39 is 5.82 Å². The molecular formula is C15H21ClFNO2. The van der Waals surface area contributed by atoms with Crippen LogP contribution in [0.1, 0.15) is 32.3 Å². The summed E-state index contributed by atoms with van der Waals surface area (Å²) in [5.41, 5.74) is 0.122. The first-order valence-electron chi connectivity index (χ1n) is 6.66. The van der Waals surface area contributed by atoms with Gasteiger partial charge in [0.15, 0.2) is 0 Å². The molecule has 0 atom stereocenters. The number of carbonyl (C=O) groups excluding carboxylic acids is 1. The molecule has 0 spiro atoms. The lowest BCUT2D eigenvalue weighted by molar-refractivity contribution is -0.120. The first kappa shape index (κ1) is 16.9. The van der Waals surface area contributed by atoms with Crippen molar-refractivity contribution in [3.63, 3.8) is 0 Å². The van der Waals surface area contributed by atoms with Gasteiger partial charge in [0.1, 0.15) is 5.82 Å². The van der Waals surface area contributed by atoms with Crippen LogP contribution >= 0.6 is 11.6 Å². The van der Waals surface area contributed by atoms with Gasteiger partial charge in [-0.25, -0.2) is 4.39 Å². The van der Waals surface area contributed by atoms with Crippen molar-refractivity contribution in [3.05, 3.63) is 34.6 Å². The number of rotatable bonds is 7. The van der Waals surface area contributed by atoms with E-state index in [2.05, 4.69) is 5.32 Å². The molecule has 1 aromatic rings. The number of aliphatic hydroxyl groups excluding tert-OH is 1. The van der Waals surface area contributed by atoms with Gasteiger partial charge in [0.05, 0.1) is 6.42 Å².